The standard InChI is InChI=1S/C9H12N2O3/c1-7-5-8(11-14-7)6-10-4-3-9(12)13-2/h3-5,10H,6H2,1-2H3/b4-3+. The van der Waals surface area contributed by atoms with Gasteiger partial charge in [0.2, 0.25) is 0 Å². The van der Waals surface area contributed by atoms with Crippen LogP contribution in [-0.4, -0.2) is 18.2 Å². The maximum atomic E-state index is 10.6. The lowest BCUT2D eigenvalue weighted by molar-refractivity contribution is -0.134. The normalized spacial score (nSPS) is 10.4. The Bertz CT molecular complexity index is 331. The smallest absolute Gasteiger partial charge is 0.331 e. The first-order valence-corrected chi connectivity index (χ1v) is 4.12. The third kappa shape index (κ3) is 3.30. The van der Waals surface area contributed by atoms with Crippen LogP contribution < -0.4 is 5.32 Å². The molecule has 0 saturated carbocycles. The molecule has 1 aromatic rings. The van der Waals surface area contributed by atoms with Gasteiger partial charge >= 0.3 is 5.97 Å². The van der Waals surface area contributed by atoms with Gasteiger partial charge in [0.15, 0.2) is 0 Å². The first-order chi connectivity index (χ1) is 6.72. The number of carbonyl (C=O) groups excluding carboxylic acids is 1. The summed E-state index contributed by atoms with van der Waals surface area (Å²) in [6, 6.07) is 1.82. The molecule has 0 spiro atoms. The third-order valence-corrected chi connectivity index (χ3v) is 1.50. The van der Waals surface area contributed by atoms with Crippen LogP contribution in [0.15, 0.2) is 22.9 Å². The summed E-state index contributed by atoms with van der Waals surface area (Å²) in [7, 11) is 1.33. The number of carbonyl (C=O) groups is 1. The third-order valence-electron chi connectivity index (χ3n) is 1.50. The lowest BCUT2D eigenvalue weighted by Crippen LogP contribution is -2.06. The Kier molecular flexibility index (Phi) is 3.72. The van der Waals surface area contributed by atoms with Crippen LogP contribution in [0, 0.1) is 6.92 Å². The summed E-state index contributed by atoms with van der Waals surface area (Å²) in [6.45, 7) is 2.34. The van der Waals surface area contributed by atoms with E-state index in [9.17, 15) is 4.79 Å². The van der Waals surface area contributed by atoms with E-state index < -0.39 is 5.97 Å². The molecule has 0 aromatic carbocycles. The van der Waals surface area contributed by atoms with E-state index >= 15 is 0 Å². The predicted octanol–water partition coefficient (Wildman–Crippen LogP) is 0.759. The molecule has 76 valence electrons. The summed E-state index contributed by atoms with van der Waals surface area (Å²) in [4.78, 5) is 10.6. The molecule has 0 bridgehead atoms. The van der Waals surface area contributed by atoms with Crippen LogP contribution >= 0.6 is 0 Å². The molecular weight excluding hydrogens is 184 g/mol. The van der Waals surface area contributed by atoms with E-state index in [2.05, 4.69) is 15.2 Å². The average Bonchev–Trinajstić information content (AvgIpc) is 2.58. The molecule has 1 rings (SSSR count). The molecule has 1 aromatic heterocycles. The molecule has 0 saturated heterocycles. The lowest BCUT2D eigenvalue weighted by Gasteiger charge is -1.94. The Hall–Kier alpha value is -1.78. The number of aryl methyl sites for hydroxylation is 1. The van der Waals surface area contributed by atoms with E-state index in [-0.39, 0.29) is 0 Å². The molecule has 0 aliphatic rings. The van der Waals surface area contributed by atoms with Gasteiger partial charge in [-0.2, -0.15) is 0 Å². The zero-order valence-corrected chi connectivity index (χ0v) is 8.11. The van der Waals surface area contributed by atoms with E-state index in [1.54, 1.807) is 0 Å². The van der Waals surface area contributed by atoms with E-state index in [1.807, 2.05) is 13.0 Å². The number of methoxy groups -OCH3 is 1. The van der Waals surface area contributed by atoms with Crippen molar-refractivity contribution in [3.8, 4) is 0 Å². The minimum Gasteiger partial charge on any atom is -0.466 e. The highest BCUT2D eigenvalue weighted by Gasteiger charge is 1.97. The van der Waals surface area contributed by atoms with E-state index in [0.717, 1.165) is 11.5 Å². The summed E-state index contributed by atoms with van der Waals surface area (Å²) in [6.07, 6.45) is 2.81. The van der Waals surface area contributed by atoms with Crippen LogP contribution in [0.4, 0.5) is 0 Å². The van der Waals surface area contributed by atoms with Crippen molar-refractivity contribution in [3.63, 3.8) is 0 Å². The summed E-state index contributed by atoms with van der Waals surface area (Å²) < 4.78 is 9.26. The van der Waals surface area contributed by atoms with Gasteiger partial charge in [0.25, 0.3) is 0 Å². The number of nitrogens with zero attached hydrogens (tertiary/aromatic N) is 1. The number of ether oxygens (including phenoxy) is 1. The maximum Gasteiger partial charge on any atom is 0.331 e. The molecule has 0 unspecified atom stereocenters. The van der Waals surface area contributed by atoms with Gasteiger partial charge in [0.1, 0.15) is 11.5 Å². The van der Waals surface area contributed by atoms with Gasteiger partial charge in [0.05, 0.1) is 13.7 Å². The molecule has 14 heavy (non-hydrogen) atoms. The largest absolute Gasteiger partial charge is 0.466 e. The predicted molar refractivity (Wildman–Crippen MR) is 49.2 cm³/mol. The highest BCUT2D eigenvalue weighted by Crippen LogP contribution is 2.00. The first-order valence-electron chi connectivity index (χ1n) is 4.12. The number of esters is 1. The SMILES string of the molecule is COC(=O)/C=C/NCc1cc(C)on1. The van der Waals surface area contributed by atoms with Crippen LogP contribution in [0.1, 0.15) is 11.5 Å². The Morgan fingerprint density at radius 1 is 1.79 bits per heavy atom. The number of rotatable bonds is 4. The molecule has 1 heterocycles. The van der Waals surface area contributed by atoms with Crippen molar-refractivity contribution in [3.05, 3.63) is 29.8 Å². The van der Waals surface area contributed by atoms with E-state index in [4.69, 9.17) is 4.52 Å². The number of hydrogen-bond acceptors (Lipinski definition) is 5. The molecule has 1 N–H and O–H groups in total. The van der Waals surface area contributed by atoms with Crippen LogP contribution in [0.25, 0.3) is 0 Å². The summed E-state index contributed by atoms with van der Waals surface area (Å²) >= 11 is 0. The minimum atomic E-state index is -0.395. The Morgan fingerprint density at radius 3 is 3.14 bits per heavy atom. The van der Waals surface area contributed by atoms with Gasteiger partial charge < -0.3 is 14.6 Å². The average molecular weight is 196 g/mol. The Morgan fingerprint density at radius 2 is 2.57 bits per heavy atom. The zero-order valence-electron chi connectivity index (χ0n) is 8.11. The fourth-order valence-electron chi connectivity index (χ4n) is 0.860. The molecule has 0 atom stereocenters. The highest BCUT2D eigenvalue weighted by molar-refractivity contribution is 5.81. The molecule has 0 fully saturated rings. The first kappa shape index (κ1) is 10.3. The molecule has 0 amide bonds. The second kappa shape index (κ2) is 5.06. The molecule has 0 radical (unpaired) electrons. The van der Waals surface area contributed by atoms with Crippen LogP contribution in [-0.2, 0) is 16.1 Å². The Balaban J connectivity index is 2.28. The fourth-order valence-corrected chi connectivity index (χ4v) is 0.860. The topological polar surface area (TPSA) is 64.4 Å². The maximum absolute atomic E-state index is 10.6. The second-order valence-electron chi connectivity index (χ2n) is 2.67. The van der Waals surface area contributed by atoms with E-state index in [1.165, 1.54) is 19.4 Å². The molecule has 0 aliphatic heterocycles. The summed E-state index contributed by atoms with van der Waals surface area (Å²) in [5.74, 6) is 0.368. The van der Waals surface area contributed by atoms with Crippen molar-refractivity contribution < 1.29 is 14.1 Å². The van der Waals surface area contributed by atoms with Crippen molar-refractivity contribution in [2.75, 3.05) is 7.11 Å². The number of hydrogen-bond donors (Lipinski definition) is 1. The second-order valence-corrected chi connectivity index (χ2v) is 2.67. The van der Waals surface area contributed by atoms with Crippen LogP contribution in [0.3, 0.4) is 0 Å². The lowest BCUT2D eigenvalue weighted by atomic mass is 10.4. The van der Waals surface area contributed by atoms with Gasteiger partial charge in [-0.05, 0) is 6.92 Å². The minimum absolute atomic E-state index is 0.395. The molecular formula is C9H12N2O3. The van der Waals surface area contributed by atoms with Crippen molar-refractivity contribution in [2.45, 2.75) is 13.5 Å². The fraction of sp³-hybridized carbons (Fsp3) is 0.333. The van der Waals surface area contributed by atoms with Gasteiger partial charge in [-0.3, -0.25) is 0 Å². The van der Waals surface area contributed by atoms with Crippen molar-refractivity contribution >= 4 is 5.97 Å². The molecule has 0 aliphatic carbocycles. The van der Waals surface area contributed by atoms with Gasteiger partial charge in [-0.15, -0.1) is 0 Å². The highest BCUT2D eigenvalue weighted by atomic mass is 16.5. The van der Waals surface area contributed by atoms with Crippen molar-refractivity contribution in [1.82, 2.24) is 10.5 Å². The zero-order chi connectivity index (χ0) is 10.4. The van der Waals surface area contributed by atoms with Crippen molar-refractivity contribution in [2.24, 2.45) is 0 Å². The summed E-state index contributed by atoms with van der Waals surface area (Å²) in [5, 5.41) is 6.64. The number of aromatic nitrogens is 1. The number of nitrogens with one attached hydrogen (secondary N) is 1. The van der Waals surface area contributed by atoms with Gasteiger partial charge in [-0.25, -0.2) is 4.79 Å². The molecule has 5 heteroatoms. The quantitative estimate of drug-likeness (QED) is 0.569. The van der Waals surface area contributed by atoms with Gasteiger partial charge in [-0.1, -0.05) is 5.16 Å². The van der Waals surface area contributed by atoms with Gasteiger partial charge in [0, 0.05) is 18.3 Å². The van der Waals surface area contributed by atoms with Crippen molar-refractivity contribution in [1.29, 1.82) is 0 Å². The monoisotopic (exact) mass is 196 g/mol. The Labute approximate surface area is 81.7 Å². The van der Waals surface area contributed by atoms with E-state index in [0.29, 0.717) is 6.54 Å². The van der Waals surface area contributed by atoms with Crippen LogP contribution in [0.5, 0.6) is 0 Å². The summed E-state index contributed by atoms with van der Waals surface area (Å²) in [5.41, 5.74) is 0.789. The van der Waals surface area contributed by atoms with Crippen LogP contribution in [0.2, 0.25) is 0 Å². The molecule has 5 nitrogen and oxygen atoms in total.